The molecule has 1 unspecified atom stereocenters. The number of nitrogens with zero attached hydrogens (tertiary/aromatic N) is 2. The molecule has 0 bridgehead atoms. The van der Waals surface area contributed by atoms with Crippen molar-refractivity contribution in [2.24, 2.45) is 0 Å². The molecule has 0 radical (unpaired) electrons. The molecule has 1 fully saturated rings. The topological polar surface area (TPSA) is 63.7 Å². The molecule has 0 aliphatic carbocycles. The molecule has 1 aliphatic heterocycles. The maximum Gasteiger partial charge on any atom is 0.410 e. The molecule has 0 spiro atoms. The summed E-state index contributed by atoms with van der Waals surface area (Å²) in [6.07, 6.45) is 2.39. The predicted molar refractivity (Wildman–Crippen MR) is 83.8 cm³/mol. The lowest BCUT2D eigenvalue weighted by Gasteiger charge is -2.24. The predicted octanol–water partition coefficient (Wildman–Crippen LogP) is 2.19. The van der Waals surface area contributed by atoms with Gasteiger partial charge in [0, 0.05) is 37.4 Å². The van der Waals surface area contributed by atoms with Crippen LogP contribution in [-0.4, -0.2) is 47.8 Å². The van der Waals surface area contributed by atoms with Crippen molar-refractivity contribution in [2.45, 2.75) is 45.4 Å². The Morgan fingerprint density at radius 2 is 2.27 bits per heavy atom. The van der Waals surface area contributed by atoms with Gasteiger partial charge in [-0.1, -0.05) is 6.07 Å². The molecule has 1 amide bonds. The molecule has 0 aromatic carbocycles. The van der Waals surface area contributed by atoms with Gasteiger partial charge in [0.1, 0.15) is 5.60 Å². The molecule has 1 aromatic heterocycles. The van der Waals surface area contributed by atoms with Crippen molar-refractivity contribution in [1.29, 1.82) is 0 Å². The number of amides is 1. The standard InChI is InChI=1S/C16H25N3O3/c1-16(2,3)22-15(20)19-9-7-13(11-19)18-10-12-6-5-8-17-14(12)21-4/h5-6,8,13,18H,7,9-11H2,1-4H3. The van der Waals surface area contributed by atoms with E-state index in [9.17, 15) is 4.79 Å². The smallest absolute Gasteiger partial charge is 0.410 e. The minimum absolute atomic E-state index is 0.240. The van der Waals surface area contributed by atoms with Crippen LogP contribution in [0.4, 0.5) is 4.79 Å². The van der Waals surface area contributed by atoms with E-state index in [0.29, 0.717) is 19.0 Å². The number of carbonyl (C=O) groups excluding carboxylic acids is 1. The van der Waals surface area contributed by atoms with E-state index < -0.39 is 5.60 Å². The van der Waals surface area contributed by atoms with Crippen molar-refractivity contribution in [2.75, 3.05) is 20.2 Å². The number of pyridine rings is 1. The molecule has 1 aliphatic rings. The molecule has 2 rings (SSSR count). The lowest BCUT2D eigenvalue weighted by atomic mass is 10.2. The highest BCUT2D eigenvalue weighted by atomic mass is 16.6. The summed E-state index contributed by atoms with van der Waals surface area (Å²) in [6, 6.07) is 4.14. The van der Waals surface area contributed by atoms with Gasteiger partial charge in [0.15, 0.2) is 0 Å². The Labute approximate surface area is 131 Å². The molecule has 1 saturated heterocycles. The first kappa shape index (κ1) is 16.5. The molecule has 1 atom stereocenters. The van der Waals surface area contributed by atoms with Gasteiger partial charge in [-0.05, 0) is 33.3 Å². The molecule has 0 saturated carbocycles. The monoisotopic (exact) mass is 307 g/mol. The van der Waals surface area contributed by atoms with Crippen LogP contribution in [0.2, 0.25) is 0 Å². The van der Waals surface area contributed by atoms with E-state index >= 15 is 0 Å². The molecule has 1 aromatic rings. The number of hydrogen-bond donors (Lipinski definition) is 1. The van der Waals surface area contributed by atoms with Crippen molar-refractivity contribution in [3.05, 3.63) is 23.9 Å². The molecular formula is C16H25N3O3. The summed E-state index contributed by atoms with van der Waals surface area (Å²) in [4.78, 5) is 18.0. The lowest BCUT2D eigenvalue weighted by molar-refractivity contribution is 0.0291. The summed E-state index contributed by atoms with van der Waals surface area (Å²) in [5.74, 6) is 0.636. The van der Waals surface area contributed by atoms with Crippen molar-refractivity contribution in [3.8, 4) is 5.88 Å². The van der Waals surface area contributed by atoms with Crippen molar-refractivity contribution >= 4 is 6.09 Å². The number of hydrogen-bond acceptors (Lipinski definition) is 5. The summed E-state index contributed by atoms with van der Waals surface area (Å²) in [6.45, 7) is 7.69. The van der Waals surface area contributed by atoms with Gasteiger partial charge in [-0.15, -0.1) is 0 Å². The second-order valence-corrected chi connectivity index (χ2v) is 6.46. The zero-order chi connectivity index (χ0) is 16.2. The summed E-state index contributed by atoms with van der Waals surface area (Å²) >= 11 is 0. The van der Waals surface area contributed by atoms with Crippen LogP contribution in [0.15, 0.2) is 18.3 Å². The van der Waals surface area contributed by atoms with Crippen LogP contribution in [0.25, 0.3) is 0 Å². The number of carbonyl (C=O) groups is 1. The van der Waals surface area contributed by atoms with Gasteiger partial charge in [0.05, 0.1) is 7.11 Å². The zero-order valence-electron chi connectivity index (χ0n) is 13.8. The number of rotatable bonds is 4. The number of aromatic nitrogens is 1. The highest BCUT2D eigenvalue weighted by Gasteiger charge is 2.29. The summed E-state index contributed by atoms with van der Waals surface area (Å²) in [5, 5.41) is 3.45. The fourth-order valence-electron chi connectivity index (χ4n) is 2.42. The minimum atomic E-state index is -0.453. The van der Waals surface area contributed by atoms with E-state index in [1.54, 1.807) is 18.2 Å². The summed E-state index contributed by atoms with van der Waals surface area (Å²) < 4.78 is 10.6. The second-order valence-electron chi connectivity index (χ2n) is 6.46. The molecule has 22 heavy (non-hydrogen) atoms. The third kappa shape index (κ3) is 4.59. The second kappa shape index (κ2) is 6.96. The van der Waals surface area contributed by atoms with E-state index in [1.165, 1.54) is 0 Å². The van der Waals surface area contributed by atoms with Crippen LogP contribution in [0.1, 0.15) is 32.8 Å². The van der Waals surface area contributed by atoms with E-state index in [0.717, 1.165) is 18.5 Å². The van der Waals surface area contributed by atoms with Gasteiger partial charge >= 0.3 is 6.09 Å². The fourth-order valence-corrected chi connectivity index (χ4v) is 2.42. The molecule has 6 heteroatoms. The number of likely N-dealkylation sites (tertiary alicyclic amines) is 1. The molecule has 6 nitrogen and oxygen atoms in total. The van der Waals surface area contributed by atoms with Crippen LogP contribution in [0.5, 0.6) is 5.88 Å². The van der Waals surface area contributed by atoms with Gasteiger partial charge in [-0.25, -0.2) is 9.78 Å². The summed E-state index contributed by atoms with van der Waals surface area (Å²) in [5.41, 5.74) is 0.562. The highest BCUT2D eigenvalue weighted by Crippen LogP contribution is 2.17. The summed E-state index contributed by atoms with van der Waals surface area (Å²) in [7, 11) is 1.62. The molecular weight excluding hydrogens is 282 g/mol. The average Bonchev–Trinajstić information content (AvgIpc) is 2.92. The molecule has 122 valence electrons. The van der Waals surface area contributed by atoms with Crippen LogP contribution in [0.3, 0.4) is 0 Å². The Bertz CT molecular complexity index is 514. The van der Waals surface area contributed by atoms with Crippen LogP contribution in [-0.2, 0) is 11.3 Å². The Morgan fingerprint density at radius 3 is 2.95 bits per heavy atom. The van der Waals surface area contributed by atoms with Gasteiger partial charge in [0.2, 0.25) is 5.88 Å². The van der Waals surface area contributed by atoms with Crippen molar-refractivity contribution < 1.29 is 14.3 Å². The normalized spacial score (nSPS) is 18.4. The van der Waals surface area contributed by atoms with Crippen molar-refractivity contribution in [1.82, 2.24) is 15.2 Å². The quantitative estimate of drug-likeness (QED) is 0.924. The number of ether oxygens (including phenoxy) is 2. The fraction of sp³-hybridized carbons (Fsp3) is 0.625. The van der Waals surface area contributed by atoms with E-state index in [-0.39, 0.29) is 12.1 Å². The Kier molecular flexibility index (Phi) is 5.24. The maximum absolute atomic E-state index is 12.0. The lowest BCUT2D eigenvalue weighted by Crippen LogP contribution is -2.38. The average molecular weight is 307 g/mol. The van der Waals surface area contributed by atoms with Crippen LogP contribution in [0, 0.1) is 0 Å². The molecule has 2 heterocycles. The Hall–Kier alpha value is -1.82. The van der Waals surface area contributed by atoms with Gasteiger partial charge in [0.25, 0.3) is 0 Å². The van der Waals surface area contributed by atoms with Crippen LogP contribution < -0.4 is 10.1 Å². The van der Waals surface area contributed by atoms with E-state index in [4.69, 9.17) is 9.47 Å². The van der Waals surface area contributed by atoms with Crippen LogP contribution >= 0.6 is 0 Å². The van der Waals surface area contributed by atoms with Crippen molar-refractivity contribution in [3.63, 3.8) is 0 Å². The van der Waals surface area contributed by atoms with Gasteiger partial charge in [-0.2, -0.15) is 0 Å². The number of methoxy groups -OCH3 is 1. The Morgan fingerprint density at radius 1 is 1.50 bits per heavy atom. The Balaban J connectivity index is 1.83. The third-order valence-corrected chi connectivity index (χ3v) is 3.46. The maximum atomic E-state index is 12.0. The minimum Gasteiger partial charge on any atom is -0.481 e. The molecule has 1 N–H and O–H groups in total. The first-order valence-corrected chi connectivity index (χ1v) is 7.58. The largest absolute Gasteiger partial charge is 0.481 e. The number of nitrogens with one attached hydrogen (secondary N) is 1. The van der Waals surface area contributed by atoms with E-state index in [2.05, 4.69) is 10.3 Å². The highest BCUT2D eigenvalue weighted by molar-refractivity contribution is 5.68. The van der Waals surface area contributed by atoms with E-state index in [1.807, 2.05) is 32.9 Å². The van der Waals surface area contributed by atoms with Gasteiger partial charge < -0.3 is 19.7 Å². The first-order valence-electron chi connectivity index (χ1n) is 7.58. The third-order valence-electron chi connectivity index (χ3n) is 3.46. The zero-order valence-corrected chi connectivity index (χ0v) is 13.8. The SMILES string of the molecule is COc1ncccc1CNC1CCN(C(=O)OC(C)(C)C)C1. The van der Waals surface area contributed by atoms with Gasteiger partial charge in [-0.3, -0.25) is 0 Å². The first-order chi connectivity index (χ1) is 10.4.